The zero-order chi connectivity index (χ0) is 54.4. The number of fused-ring (bicyclic) bond motifs is 2. The molecule has 3 aliphatic rings. The van der Waals surface area contributed by atoms with Gasteiger partial charge in [0.05, 0.1) is 44.2 Å². The number of aliphatic hydroxyl groups is 1. The molecule has 0 radical (unpaired) electrons. The number of methoxy groups -OCH3 is 1. The van der Waals surface area contributed by atoms with Gasteiger partial charge < -0.3 is 40.2 Å². The summed E-state index contributed by atoms with van der Waals surface area (Å²) >= 11 is 0. The van der Waals surface area contributed by atoms with E-state index in [2.05, 4.69) is 48.1 Å². The summed E-state index contributed by atoms with van der Waals surface area (Å²) in [4.78, 5) is 62.8. The van der Waals surface area contributed by atoms with E-state index in [1.54, 1.807) is 72.0 Å². The first-order chi connectivity index (χ1) is 35.5. The fraction of sp³-hybridized carbons (Fsp3) is 0.509. The Morgan fingerprint density at radius 3 is 2.04 bits per heavy atom. The fourth-order valence-corrected chi connectivity index (χ4v) is 9.49. The maximum atomic E-state index is 16.0. The number of piperazine rings is 1. The lowest BCUT2D eigenvalue weighted by molar-refractivity contribution is -0.141. The Bertz CT molecular complexity index is 2680. The van der Waals surface area contributed by atoms with Crippen LogP contribution in [0.2, 0.25) is 0 Å². The summed E-state index contributed by atoms with van der Waals surface area (Å²) in [7, 11) is 2.44. The Balaban J connectivity index is 1.13. The van der Waals surface area contributed by atoms with Crippen molar-refractivity contribution >= 4 is 29.8 Å². The molecule has 7 rings (SSSR count). The van der Waals surface area contributed by atoms with Gasteiger partial charge in [-0.2, -0.15) is 13.9 Å². The molecule has 0 unspecified atom stereocenters. The number of hydrazine groups is 1. The molecule has 2 aromatic carbocycles. The molecule has 22 heteroatoms. The van der Waals surface area contributed by atoms with Gasteiger partial charge in [-0.15, -0.1) is 0 Å². The third-order valence-corrected chi connectivity index (χ3v) is 13.5. The molecule has 18 nitrogen and oxygen atoms in total. The number of amides is 4. The number of hydrogen-bond donors (Lipinski definition) is 5. The Morgan fingerprint density at radius 2 is 1.51 bits per heavy atom. The summed E-state index contributed by atoms with van der Waals surface area (Å²) in [5.74, 6) is 3.34. The van der Waals surface area contributed by atoms with E-state index in [1.165, 1.54) is 19.9 Å². The van der Waals surface area contributed by atoms with Crippen LogP contribution in [0.5, 0.6) is 0 Å². The van der Waals surface area contributed by atoms with Gasteiger partial charge in [0.1, 0.15) is 23.5 Å². The second-order valence-electron chi connectivity index (χ2n) is 21.2. The van der Waals surface area contributed by atoms with Crippen molar-refractivity contribution in [1.82, 2.24) is 46.0 Å². The minimum atomic E-state index is -3.00. The molecule has 75 heavy (non-hydrogen) atoms. The molecule has 404 valence electrons. The average Bonchev–Trinajstić information content (AvgIpc) is 3.93. The Morgan fingerprint density at radius 1 is 0.867 bits per heavy atom. The maximum absolute atomic E-state index is 16.0. The Kier molecular flexibility index (Phi) is 17.8. The molecule has 5 N–H and O–H groups in total. The summed E-state index contributed by atoms with van der Waals surface area (Å²) in [5.41, 5.74) is 1.76. The number of nitrogens with zero attached hydrogens (tertiary/aromatic N) is 6. The number of alkyl halides is 2. The van der Waals surface area contributed by atoms with E-state index in [0.717, 1.165) is 74.2 Å². The van der Waals surface area contributed by atoms with E-state index in [0.29, 0.717) is 33.9 Å². The first-order valence-electron chi connectivity index (χ1n) is 24.8. The normalized spacial score (nSPS) is 18.5. The average molecular weight is 1050 g/mol. The lowest BCUT2D eigenvalue weighted by atomic mass is 9.85. The molecule has 0 saturated carbocycles. The van der Waals surface area contributed by atoms with Crippen LogP contribution >= 0.6 is 0 Å². The van der Waals surface area contributed by atoms with Gasteiger partial charge in [0.2, 0.25) is 5.91 Å². The second-order valence-corrected chi connectivity index (χ2v) is 21.2. The predicted octanol–water partition coefficient (Wildman–Crippen LogP) is 5.53. The highest BCUT2D eigenvalue weighted by molar-refractivity contribution is 5.87. The lowest BCUT2D eigenvalue weighted by Crippen LogP contribution is -2.62. The predicted molar refractivity (Wildman–Crippen MR) is 269 cm³/mol. The van der Waals surface area contributed by atoms with E-state index in [4.69, 9.17) is 19.2 Å². The van der Waals surface area contributed by atoms with Crippen molar-refractivity contribution in [3.8, 4) is 23.1 Å². The topological polar surface area (TPSA) is 205 Å². The number of anilines is 1. The number of aromatic nitrogens is 3. The van der Waals surface area contributed by atoms with E-state index >= 15 is 8.78 Å². The molecule has 4 amide bonds. The third kappa shape index (κ3) is 14.1. The van der Waals surface area contributed by atoms with Crippen LogP contribution < -0.4 is 26.3 Å². The standard InChI is InChI=1S/C53H66F4N10O8/c1-52(2,3)45(61-51(72)73-8)47(69)60-42(21-32-12-9-31(10-13-32)11-14-33-15-18-44(59-24-33)64-25-35-16-17-36(26-64)67(35)37-29-74-30-37)43(68)28-65(63-48(70)46(53(4,5)6)75-50(71)58-7)27-38-39(54)22-34(23-40(38)55)41-19-20-66(62-41)49(56)57/h9-10,12-13,15,18-20,22-24,35-37,42-43,45-46,49,68H,16-17,21,25-30H2,1-8H3,(H,58,71)(H,60,69)(H,61,72)(H,63,70)/t35-,36-,42-,43-,45+,46+/m0/s1. The second kappa shape index (κ2) is 23.8. The van der Waals surface area contributed by atoms with Crippen LogP contribution in [0, 0.1) is 34.3 Å². The molecule has 2 aromatic heterocycles. The first-order valence-corrected chi connectivity index (χ1v) is 24.8. The summed E-state index contributed by atoms with van der Waals surface area (Å²) in [6, 6.07) is 13.1. The first kappa shape index (κ1) is 55.9. The molecule has 0 aliphatic carbocycles. The van der Waals surface area contributed by atoms with Crippen molar-refractivity contribution in [2.24, 2.45) is 10.8 Å². The minimum Gasteiger partial charge on any atom is -0.453 e. The summed E-state index contributed by atoms with van der Waals surface area (Å²) in [6.45, 7) is 9.11. The van der Waals surface area contributed by atoms with Gasteiger partial charge in [-0.3, -0.25) is 19.9 Å². The van der Waals surface area contributed by atoms with Crippen LogP contribution in [0.1, 0.15) is 83.2 Å². The lowest BCUT2D eigenvalue weighted by Gasteiger charge is -2.47. The number of ether oxygens (including phenoxy) is 3. The number of carbonyl (C=O) groups is 4. The number of nitrogens with one attached hydrogen (secondary N) is 4. The van der Waals surface area contributed by atoms with Crippen LogP contribution in [0.3, 0.4) is 0 Å². The molecule has 3 aliphatic heterocycles. The molecular weight excluding hydrogens is 981 g/mol. The summed E-state index contributed by atoms with van der Waals surface area (Å²) in [6.07, 6.45) is 0.0909. The number of pyridine rings is 1. The van der Waals surface area contributed by atoms with Gasteiger partial charge in [0.25, 0.3) is 5.91 Å². The third-order valence-electron chi connectivity index (χ3n) is 13.5. The van der Waals surface area contributed by atoms with Crippen molar-refractivity contribution in [1.29, 1.82) is 0 Å². The highest BCUT2D eigenvalue weighted by Gasteiger charge is 2.46. The number of alkyl carbamates (subject to hydrolysis) is 2. The van der Waals surface area contributed by atoms with E-state index in [9.17, 15) is 33.1 Å². The largest absolute Gasteiger partial charge is 0.453 e. The van der Waals surface area contributed by atoms with Gasteiger partial charge in [-0.25, -0.2) is 33.0 Å². The van der Waals surface area contributed by atoms with Crippen molar-refractivity contribution < 1.29 is 56.1 Å². The number of carbonyl (C=O) groups excluding carboxylic acids is 4. The number of aliphatic hydroxyl groups excluding tert-OH is 1. The molecule has 4 aromatic rings. The number of benzene rings is 2. The number of rotatable bonds is 17. The van der Waals surface area contributed by atoms with E-state index in [-0.39, 0.29) is 17.7 Å². The molecule has 2 bridgehead atoms. The van der Waals surface area contributed by atoms with Crippen LogP contribution in [0.25, 0.3) is 11.3 Å². The smallest absolute Gasteiger partial charge is 0.407 e. The van der Waals surface area contributed by atoms with Gasteiger partial charge in [-0.1, -0.05) is 65.5 Å². The van der Waals surface area contributed by atoms with Crippen molar-refractivity contribution in [3.63, 3.8) is 0 Å². The zero-order valence-electron chi connectivity index (χ0n) is 43.3. The van der Waals surface area contributed by atoms with Crippen LogP contribution in [0.4, 0.5) is 33.0 Å². The fourth-order valence-electron chi connectivity index (χ4n) is 9.49. The minimum absolute atomic E-state index is 0.0413. The van der Waals surface area contributed by atoms with Crippen LogP contribution in [-0.4, -0.2) is 143 Å². The molecule has 5 heterocycles. The zero-order valence-corrected chi connectivity index (χ0v) is 43.3. The van der Waals surface area contributed by atoms with Gasteiger partial charge >= 0.3 is 18.7 Å². The van der Waals surface area contributed by atoms with Gasteiger partial charge in [0.15, 0.2) is 6.10 Å². The van der Waals surface area contributed by atoms with Gasteiger partial charge in [0, 0.05) is 85.4 Å². The van der Waals surface area contributed by atoms with E-state index < -0.39 is 96.0 Å². The van der Waals surface area contributed by atoms with Crippen molar-refractivity contribution in [2.45, 2.75) is 116 Å². The molecular formula is C53H66F4N10O8. The molecule has 0 spiro atoms. The number of halogens is 4. The van der Waals surface area contributed by atoms with Gasteiger partial charge in [-0.05, 0) is 72.7 Å². The summed E-state index contributed by atoms with van der Waals surface area (Å²) in [5, 5.41) is 24.6. The van der Waals surface area contributed by atoms with Crippen molar-refractivity contribution in [3.05, 3.63) is 101 Å². The maximum Gasteiger partial charge on any atom is 0.407 e. The molecule has 6 atom stereocenters. The Hall–Kier alpha value is -6.80. The highest BCUT2D eigenvalue weighted by Crippen LogP contribution is 2.35. The van der Waals surface area contributed by atoms with E-state index in [1.807, 2.05) is 12.1 Å². The monoisotopic (exact) mass is 1050 g/mol. The van der Waals surface area contributed by atoms with Crippen molar-refractivity contribution in [2.75, 3.05) is 51.9 Å². The highest BCUT2D eigenvalue weighted by atomic mass is 19.3. The SMILES string of the molecule is CNC(=O)O[C@H](C(=O)NN(Cc1c(F)cc(-c2ccn(C(F)F)n2)cc1F)C[C@H](O)[C@H](Cc1ccc(C#Cc2ccc(N3C[C@@H]4CC[C@@H](C3)N4C3COC3)nc2)cc1)NC(=O)[C@@H](NC(=O)OC)C(C)(C)C)C(C)(C)C. The summed E-state index contributed by atoms with van der Waals surface area (Å²) < 4.78 is 74.7. The molecule has 3 saturated heterocycles. The van der Waals surface area contributed by atoms with Crippen LogP contribution in [-0.2, 0) is 36.8 Å². The molecule has 3 fully saturated rings. The number of hydrogen-bond acceptors (Lipinski definition) is 13. The Labute approximate surface area is 433 Å². The quantitative estimate of drug-likeness (QED) is 0.0502. The van der Waals surface area contributed by atoms with Crippen LogP contribution in [0.15, 0.2) is 67.0 Å².